The summed E-state index contributed by atoms with van der Waals surface area (Å²) in [5.74, 6) is 1.65. The van der Waals surface area contributed by atoms with E-state index in [0.29, 0.717) is 24.5 Å². The van der Waals surface area contributed by atoms with Gasteiger partial charge in [0.05, 0.1) is 6.61 Å². The molecule has 1 aromatic carbocycles. The first-order valence-corrected chi connectivity index (χ1v) is 8.36. The lowest BCUT2D eigenvalue weighted by Gasteiger charge is -2.34. The van der Waals surface area contributed by atoms with E-state index in [1.807, 2.05) is 0 Å². The minimum atomic E-state index is 0.333. The van der Waals surface area contributed by atoms with Gasteiger partial charge in [-0.05, 0) is 49.4 Å². The number of rotatable bonds is 7. The first kappa shape index (κ1) is 16.3. The summed E-state index contributed by atoms with van der Waals surface area (Å²) in [6.07, 6.45) is 3.62. The van der Waals surface area contributed by atoms with Crippen LogP contribution in [-0.4, -0.2) is 30.6 Å². The number of benzene rings is 1. The topological polar surface area (TPSA) is 38.5 Å². The number of hydrogen-bond donors (Lipinski definition) is 1. The van der Waals surface area contributed by atoms with Crippen LogP contribution in [0.4, 0.5) is 0 Å². The van der Waals surface area contributed by atoms with E-state index in [0.717, 1.165) is 18.8 Å². The molecule has 2 N–H and O–H groups in total. The van der Waals surface area contributed by atoms with Crippen molar-refractivity contribution in [3.63, 3.8) is 0 Å². The molecular formula is C18H30N2O. The highest BCUT2D eigenvalue weighted by Crippen LogP contribution is 2.32. The van der Waals surface area contributed by atoms with Gasteiger partial charge < -0.3 is 10.5 Å². The second-order valence-corrected chi connectivity index (χ2v) is 6.36. The van der Waals surface area contributed by atoms with Gasteiger partial charge in [0, 0.05) is 18.6 Å². The van der Waals surface area contributed by atoms with Gasteiger partial charge in [-0.25, -0.2) is 0 Å². The van der Waals surface area contributed by atoms with Gasteiger partial charge in [0.25, 0.3) is 0 Å². The summed E-state index contributed by atoms with van der Waals surface area (Å²) < 4.78 is 5.66. The molecule has 1 aromatic rings. The third-order valence-corrected chi connectivity index (χ3v) is 4.47. The van der Waals surface area contributed by atoms with Gasteiger partial charge in [-0.15, -0.1) is 0 Å². The van der Waals surface area contributed by atoms with Crippen LogP contribution < -0.4 is 10.5 Å². The van der Waals surface area contributed by atoms with Crippen molar-refractivity contribution in [2.75, 3.05) is 19.7 Å². The second kappa shape index (κ2) is 7.81. The standard InChI is InChI=1S/C18H30N2O/c1-4-12-21-16-9-7-15(8-10-16)18(13-19)20-11-5-6-17(20)14(2)3/h7-10,14,17-18H,4-6,11-13,19H2,1-3H3. The molecule has 0 aliphatic carbocycles. The van der Waals surface area contributed by atoms with Crippen molar-refractivity contribution < 1.29 is 4.74 Å². The van der Waals surface area contributed by atoms with E-state index in [1.54, 1.807) is 0 Å². The summed E-state index contributed by atoms with van der Waals surface area (Å²) in [7, 11) is 0. The van der Waals surface area contributed by atoms with Crippen LogP contribution in [0.5, 0.6) is 5.75 Å². The van der Waals surface area contributed by atoms with Crippen LogP contribution >= 0.6 is 0 Å². The maximum absolute atomic E-state index is 6.09. The molecule has 118 valence electrons. The predicted octanol–water partition coefficient (Wildman–Crippen LogP) is 3.60. The zero-order valence-corrected chi connectivity index (χ0v) is 13.7. The van der Waals surface area contributed by atoms with E-state index >= 15 is 0 Å². The van der Waals surface area contributed by atoms with Crippen LogP contribution in [0.1, 0.15) is 51.6 Å². The van der Waals surface area contributed by atoms with Crippen molar-refractivity contribution in [1.29, 1.82) is 0 Å². The molecule has 1 aliphatic rings. The number of nitrogens with two attached hydrogens (primary N) is 1. The highest BCUT2D eigenvalue weighted by molar-refractivity contribution is 5.29. The zero-order chi connectivity index (χ0) is 15.2. The number of hydrogen-bond acceptors (Lipinski definition) is 3. The smallest absolute Gasteiger partial charge is 0.119 e. The molecule has 0 saturated carbocycles. The molecule has 1 aliphatic heterocycles. The molecule has 0 radical (unpaired) electrons. The minimum absolute atomic E-state index is 0.333. The Morgan fingerprint density at radius 1 is 1.29 bits per heavy atom. The van der Waals surface area contributed by atoms with Gasteiger partial charge in [-0.3, -0.25) is 4.90 Å². The normalized spacial score (nSPS) is 20.9. The highest BCUT2D eigenvalue weighted by atomic mass is 16.5. The molecule has 3 nitrogen and oxygen atoms in total. The first-order chi connectivity index (χ1) is 10.2. The van der Waals surface area contributed by atoms with Crippen LogP contribution in [0.15, 0.2) is 24.3 Å². The molecule has 0 amide bonds. The fourth-order valence-electron chi connectivity index (χ4n) is 3.39. The summed E-state index contributed by atoms with van der Waals surface area (Å²) in [5, 5.41) is 0. The van der Waals surface area contributed by atoms with Crippen LogP contribution in [0.2, 0.25) is 0 Å². The fourth-order valence-corrected chi connectivity index (χ4v) is 3.39. The summed E-state index contributed by atoms with van der Waals surface area (Å²) in [6, 6.07) is 9.51. The van der Waals surface area contributed by atoms with Crippen LogP contribution in [0.3, 0.4) is 0 Å². The molecule has 0 aromatic heterocycles. The lowest BCUT2D eigenvalue weighted by Crippen LogP contribution is -2.39. The Morgan fingerprint density at radius 2 is 2.00 bits per heavy atom. The molecular weight excluding hydrogens is 260 g/mol. The van der Waals surface area contributed by atoms with E-state index in [-0.39, 0.29) is 0 Å². The lowest BCUT2D eigenvalue weighted by atomic mass is 9.98. The van der Waals surface area contributed by atoms with Gasteiger partial charge in [-0.1, -0.05) is 32.9 Å². The summed E-state index contributed by atoms with van der Waals surface area (Å²) in [6.45, 7) is 9.38. The highest BCUT2D eigenvalue weighted by Gasteiger charge is 2.32. The van der Waals surface area contributed by atoms with Gasteiger partial charge >= 0.3 is 0 Å². The molecule has 21 heavy (non-hydrogen) atoms. The second-order valence-electron chi connectivity index (χ2n) is 6.36. The summed E-state index contributed by atoms with van der Waals surface area (Å²) in [5.41, 5.74) is 7.41. The van der Waals surface area contributed by atoms with Crippen molar-refractivity contribution >= 4 is 0 Å². The molecule has 1 fully saturated rings. The predicted molar refractivity (Wildman–Crippen MR) is 88.6 cm³/mol. The van der Waals surface area contributed by atoms with Crippen LogP contribution in [-0.2, 0) is 0 Å². The third kappa shape index (κ3) is 3.98. The Balaban J connectivity index is 2.09. The van der Waals surface area contributed by atoms with Crippen molar-refractivity contribution in [1.82, 2.24) is 4.90 Å². The SMILES string of the molecule is CCCOc1ccc(C(CN)N2CCCC2C(C)C)cc1. The largest absolute Gasteiger partial charge is 0.494 e. The monoisotopic (exact) mass is 290 g/mol. The molecule has 3 heteroatoms. The van der Waals surface area contributed by atoms with Crippen molar-refractivity contribution in [3.05, 3.63) is 29.8 Å². The minimum Gasteiger partial charge on any atom is -0.494 e. The van der Waals surface area contributed by atoms with Crippen LogP contribution in [0.25, 0.3) is 0 Å². The van der Waals surface area contributed by atoms with Crippen molar-refractivity contribution in [2.45, 2.75) is 52.1 Å². The van der Waals surface area contributed by atoms with E-state index < -0.39 is 0 Å². The molecule has 2 rings (SSSR count). The van der Waals surface area contributed by atoms with E-state index in [2.05, 4.69) is 49.9 Å². The maximum Gasteiger partial charge on any atom is 0.119 e. The van der Waals surface area contributed by atoms with E-state index in [1.165, 1.54) is 24.9 Å². The zero-order valence-electron chi connectivity index (χ0n) is 13.7. The molecule has 0 spiro atoms. The Bertz CT molecular complexity index is 416. The average Bonchev–Trinajstić information content (AvgIpc) is 2.97. The lowest BCUT2D eigenvalue weighted by molar-refractivity contribution is 0.149. The van der Waals surface area contributed by atoms with Crippen molar-refractivity contribution in [3.8, 4) is 5.75 Å². The molecule has 0 bridgehead atoms. The molecule has 1 heterocycles. The van der Waals surface area contributed by atoms with Crippen LogP contribution in [0, 0.1) is 5.92 Å². The Hall–Kier alpha value is -1.06. The Morgan fingerprint density at radius 3 is 2.57 bits per heavy atom. The average molecular weight is 290 g/mol. The summed E-state index contributed by atoms with van der Waals surface area (Å²) >= 11 is 0. The van der Waals surface area contributed by atoms with Gasteiger partial charge in [0.2, 0.25) is 0 Å². The Labute approximate surface area is 129 Å². The van der Waals surface area contributed by atoms with Crippen molar-refractivity contribution in [2.24, 2.45) is 11.7 Å². The quantitative estimate of drug-likeness (QED) is 0.834. The van der Waals surface area contributed by atoms with Gasteiger partial charge in [0.15, 0.2) is 0 Å². The number of nitrogens with zero attached hydrogens (tertiary/aromatic N) is 1. The summed E-state index contributed by atoms with van der Waals surface area (Å²) in [4.78, 5) is 2.60. The van der Waals surface area contributed by atoms with Gasteiger partial charge in [-0.2, -0.15) is 0 Å². The molecule has 1 saturated heterocycles. The third-order valence-electron chi connectivity index (χ3n) is 4.47. The number of ether oxygens (including phenoxy) is 1. The number of likely N-dealkylation sites (tertiary alicyclic amines) is 1. The Kier molecular flexibility index (Phi) is 6.07. The molecule has 2 unspecified atom stereocenters. The van der Waals surface area contributed by atoms with E-state index in [9.17, 15) is 0 Å². The van der Waals surface area contributed by atoms with Gasteiger partial charge in [0.1, 0.15) is 5.75 Å². The fraction of sp³-hybridized carbons (Fsp3) is 0.667. The molecule has 2 atom stereocenters. The maximum atomic E-state index is 6.09. The van der Waals surface area contributed by atoms with E-state index in [4.69, 9.17) is 10.5 Å². The first-order valence-electron chi connectivity index (χ1n) is 8.36.